The Morgan fingerprint density at radius 1 is 0.211 bits per heavy atom. The van der Waals surface area contributed by atoms with E-state index in [2.05, 4.69) is 241 Å². The standard InChI is InChI=1S/C56H39N/c1-4-16-40(17-5-1)43-30-32-45(33-31-43)55-53-28-12-10-26-51(53)52-27-11-13-29-54(52)56(55)57(50-25-15-24-48(39-50)42-20-8-3-9-21-42)49-36-34-44(35-37-49)47-23-14-22-46(38-47)41-18-6-2-7-19-41/h1-39H. The Labute approximate surface area is 334 Å². The molecule has 0 heterocycles. The van der Waals surface area contributed by atoms with Crippen molar-refractivity contribution < 1.29 is 0 Å². The molecule has 0 aliphatic heterocycles. The summed E-state index contributed by atoms with van der Waals surface area (Å²) in [7, 11) is 0. The lowest BCUT2D eigenvalue weighted by Gasteiger charge is -2.31. The predicted octanol–water partition coefficient (Wildman–Crippen LogP) is 15.8. The fraction of sp³-hybridized carbons (Fsp3) is 0. The van der Waals surface area contributed by atoms with Gasteiger partial charge in [-0.1, -0.05) is 206 Å². The predicted molar refractivity (Wildman–Crippen MR) is 243 cm³/mol. The van der Waals surface area contributed by atoms with E-state index in [9.17, 15) is 0 Å². The van der Waals surface area contributed by atoms with Gasteiger partial charge in [0.25, 0.3) is 0 Å². The average Bonchev–Trinajstić information content (AvgIpc) is 3.30. The van der Waals surface area contributed by atoms with Crippen molar-refractivity contribution in [2.75, 3.05) is 4.90 Å². The SMILES string of the molecule is c1ccc(-c2ccc(-c3c(N(c4ccc(-c5cccc(-c6ccccc6)c5)cc4)c4cccc(-c5ccccc5)c4)c4ccccc4c4ccccc34)cc2)cc1. The summed E-state index contributed by atoms with van der Waals surface area (Å²) in [6, 6.07) is 85.7. The van der Waals surface area contributed by atoms with E-state index >= 15 is 0 Å². The fourth-order valence-electron chi connectivity index (χ4n) is 8.28. The largest absolute Gasteiger partial charge is 0.309 e. The summed E-state index contributed by atoms with van der Waals surface area (Å²) in [6.45, 7) is 0. The zero-order valence-corrected chi connectivity index (χ0v) is 31.5. The average molecular weight is 726 g/mol. The summed E-state index contributed by atoms with van der Waals surface area (Å²) in [4.78, 5) is 2.48. The van der Waals surface area contributed by atoms with Gasteiger partial charge in [-0.25, -0.2) is 0 Å². The van der Waals surface area contributed by atoms with E-state index in [1.54, 1.807) is 0 Å². The maximum Gasteiger partial charge on any atom is 0.0624 e. The van der Waals surface area contributed by atoms with Crippen molar-refractivity contribution in [2.24, 2.45) is 0 Å². The van der Waals surface area contributed by atoms with Crippen LogP contribution in [-0.2, 0) is 0 Å². The van der Waals surface area contributed by atoms with E-state index in [0.29, 0.717) is 0 Å². The molecule has 268 valence electrons. The van der Waals surface area contributed by atoms with Crippen LogP contribution in [0.15, 0.2) is 237 Å². The van der Waals surface area contributed by atoms with Crippen molar-refractivity contribution >= 4 is 38.6 Å². The topological polar surface area (TPSA) is 3.24 Å². The minimum absolute atomic E-state index is 1.09. The second-order valence-corrected chi connectivity index (χ2v) is 14.5. The monoisotopic (exact) mass is 725 g/mol. The maximum absolute atomic E-state index is 2.48. The molecule has 0 atom stereocenters. The van der Waals surface area contributed by atoms with E-state index in [4.69, 9.17) is 0 Å². The first-order chi connectivity index (χ1) is 28.3. The van der Waals surface area contributed by atoms with Crippen molar-refractivity contribution in [1.29, 1.82) is 0 Å². The van der Waals surface area contributed by atoms with Crippen molar-refractivity contribution in [1.82, 2.24) is 0 Å². The zero-order valence-electron chi connectivity index (χ0n) is 31.5. The van der Waals surface area contributed by atoms with Crippen LogP contribution in [0.25, 0.3) is 77.2 Å². The van der Waals surface area contributed by atoms with Gasteiger partial charge in [-0.15, -0.1) is 0 Å². The van der Waals surface area contributed by atoms with Crippen LogP contribution in [-0.4, -0.2) is 0 Å². The minimum Gasteiger partial charge on any atom is -0.309 e. The molecule has 10 aromatic carbocycles. The fourth-order valence-corrected chi connectivity index (χ4v) is 8.28. The molecule has 0 N–H and O–H groups in total. The van der Waals surface area contributed by atoms with Gasteiger partial charge in [-0.2, -0.15) is 0 Å². The van der Waals surface area contributed by atoms with Gasteiger partial charge >= 0.3 is 0 Å². The molecule has 0 spiro atoms. The zero-order chi connectivity index (χ0) is 38.0. The smallest absolute Gasteiger partial charge is 0.0624 e. The number of hydrogen-bond acceptors (Lipinski definition) is 1. The third-order valence-corrected chi connectivity index (χ3v) is 11.0. The van der Waals surface area contributed by atoms with E-state index < -0.39 is 0 Å². The minimum atomic E-state index is 1.09. The van der Waals surface area contributed by atoms with Gasteiger partial charge in [0.15, 0.2) is 0 Å². The number of benzene rings is 10. The van der Waals surface area contributed by atoms with Crippen molar-refractivity contribution in [3.8, 4) is 55.6 Å². The summed E-state index contributed by atoms with van der Waals surface area (Å²) >= 11 is 0. The van der Waals surface area contributed by atoms with Crippen LogP contribution in [0.2, 0.25) is 0 Å². The van der Waals surface area contributed by atoms with Crippen LogP contribution in [0.5, 0.6) is 0 Å². The summed E-state index contributed by atoms with van der Waals surface area (Å²) < 4.78 is 0. The summed E-state index contributed by atoms with van der Waals surface area (Å²) in [5, 5.41) is 4.89. The maximum atomic E-state index is 2.48. The summed E-state index contributed by atoms with van der Waals surface area (Å²) in [5.74, 6) is 0. The Bertz CT molecular complexity index is 2970. The van der Waals surface area contributed by atoms with Gasteiger partial charge in [0.2, 0.25) is 0 Å². The van der Waals surface area contributed by atoms with Crippen LogP contribution >= 0.6 is 0 Å². The third-order valence-electron chi connectivity index (χ3n) is 11.0. The van der Waals surface area contributed by atoms with E-state index in [-0.39, 0.29) is 0 Å². The van der Waals surface area contributed by atoms with Gasteiger partial charge in [-0.3, -0.25) is 0 Å². The van der Waals surface area contributed by atoms with Gasteiger partial charge < -0.3 is 4.90 Å². The molecular formula is C56H39N. The van der Waals surface area contributed by atoms with Crippen molar-refractivity contribution in [2.45, 2.75) is 0 Å². The van der Waals surface area contributed by atoms with Crippen LogP contribution in [0, 0.1) is 0 Å². The van der Waals surface area contributed by atoms with E-state index in [1.165, 1.54) is 77.2 Å². The second-order valence-electron chi connectivity index (χ2n) is 14.5. The molecule has 0 radical (unpaired) electrons. The molecule has 0 fully saturated rings. The number of rotatable bonds is 8. The molecule has 0 aliphatic carbocycles. The highest BCUT2D eigenvalue weighted by molar-refractivity contribution is 6.22. The summed E-state index contributed by atoms with van der Waals surface area (Å²) in [5.41, 5.74) is 15.3. The lowest BCUT2D eigenvalue weighted by molar-refractivity contribution is 1.30. The van der Waals surface area contributed by atoms with Crippen LogP contribution < -0.4 is 4.90 Å². The Morgan fingerprint density at radius 2 is 0.579 bits per heavy atom. The third kappa shape index (κ3) is 6.56. The van der Waals surface area contributed by atoms with Gasteiger partial charge in [0.05, 0.1) is 5.69 Å². The lowest BCUT2D eigenvalue weighted by Crippen LogP contribution is -2.12. The summed E-state index contributed by atoms with van der Waals surface area (Å²) in [6.07, 6.45) is 0. The first-order valence-corrected chi connectivity index (χ1v) is 19.6. The van der Waals surface area contributed by atoms with Gasteiger partial charge in [0, 0.05) is 22.3 Å². The number of anilines is 3. The molecule has 10 aromatic rings. The quantitative estimate of drug-likeness (QED) is 0.141. The molecule has 1 heteroatoms. The lowest BCUT2D eigenvalue weighted by atomic mass is 9.89. The highest BCUT2D eigenvalue weighted by Gasteiger charge is 2.24. The van der Waals surface area contributed by atoms with Gasteiger partial charge in [-0.05, 0) is 96.6 Å². The first-order valence-electron chi connectivity index (χ1n) is 19.6. The number of fused-ring (bicyclic) bond motifs is 3. The Kier molecular flexibility index (Phi) is 8.95. The van der Waals surface area contributed by atoms with Crippen LogP contribution in [0.1, 0.15) is 0 Å². The highest BCUT2D eigenvalue weighted by Crippen LogP contribution is 2.50. The Morgan fingerprint density at radius 3 is 1.16 bits per heavy atom. The molecule has 0 saturated heterocycles. The molecule has 0 bridgehead atoms. The molecule has 0 amide bonds. The molecule has 1 nitrogen and oxygen atoms in total. The Balaban J connectivity index is 1.21. The van der Waals surface area contributed by atoms with Crippen molar-refractivity contribution in [3.05, 3.63) is 237 Å². The van der Waals surface area contributed by atoms with E-state index in [0.717, 1.165) is 17.1 Å². The normalized spacial score (nSPS) is 11.2. The molecule has 57 heavy (non-hydrogen) atoms. The Hall–Kier alpha value is -7.48. The highest BCUT2D eigenvalue weighted by atomic mass is 15.1. The molecular weight excluding hydrogens is 687 g/mol. The molecule has 0 saturated carbocycles. The number of hydrogen-bond donors (Lipinski definition) is 0. The molecule has 0 aromatic heterocycles. The second kappa shape index (κ2) is 15.0. The van der Waals surface area contributed by atoms with Crippen LogP contribution in [0.3, 0.4) is 0 Å². The van der Waals surface area contributed by atoms with Crippen LogP contribution in [0.4, 0.5) is 17.1 Å². The van der Waals surface area contributed by atoms with E-state index in [1.807, 2.05) is 0 Å². The molecule has 0 unspecified atom stereocenters. The number of nitrogens with zero attached hydrogens (tertiary/aromatic N) is 1. The van der Waals surface area contributed by atoms with Crippen molar-refractivity contribution in [3.63, 3.8) is 0 Å². The molecule has 0 aliphatic rings. The molecule has 10 rings (SSSR count). The van der Waals surface area contributed by atoms with Gasteiger partial charge in [0.1, 0.15) is 0 Å². The first kappa shape index (κ1) is 34.0.